The summed E-state index contributed by atoms with van der Waals surface area (Å²) in [5.41, 5.74) is 7.15. The largest absolute Gasteiger partial charge is 0.493 e. The van der Waals surface area contributed by atoms with Gasteiger partial charge in [-0.15, -0.1) is 0 Å². The molecule has 2 nitrogen and oxygen atoms in total. The zero-order valence-electron chi connectivity index (χ0n) is 19.0. The van der Waals surface area contributed by atoms with Crippen molar-refractivity contribution >= 4 is 11.1 Å². The lowest BCUT2D eigenvalue weighted by Gasteiger charge is -2.24. The van der Waals surface area contributed by atoms with Crippen molar-refractivity contribution in [3.8, 4) is 11.5 Å². The van der Waals surface area contributed by atoms with Crippen molar-refractivity contribution in [1.82, 2.24) is 0 Å². The molecule has 0 unspecified atom stereocenters. The van der Waals surface area contributed by atoms with Gasteiger partial charge in [-0.25, -0.2) is 0 Å². The van der Waals surface area contributed by atoms with E-state index in [1.807, 2.05) is 0 Å². The van der Waals surface area contributed by atoms with Crippen LogP contribution in [0.2, 0.25) is 0 Å². The van der Waals surface area contributed by atoms with Crippen LogP contribution >= 0.6 is 0 Å². The van der Waals surface area contributed by atoms with Crippen molar-refractivity contribution in [2.75, 3.05) is 13.2 Å². The molecule has 2 heterocycles. The predicted molar refractivity (Wildman–Crippen MR) is 129 cm³/mol. The average molecular weight is 407 g/mol. The standard InChI is InChI=1S/C28H38O2/c1-5-7-13-21(3)23-15-9-11-17-29-27-20-26-24(22(4)14-8-6-2)16-10-12-18-30-28(26)19-25(23)27/h15-16,19-20H,3-14,17-18H2,1-2H3/b23-15-,24-16-. The number of hydrogen-bond donors (Lipinski definition) is 0. The number of hydrogen-bond acceptors (Lipinski definition) is 2. The highest BCUT2D eigenvalue weighted by atomic mass is 16.5. The van der Waals surface area contributed by atoms with Gasteiger partial charge in [-0.3, -0.25) is 0 Å². The summed E-state index contributed by atoms with van der Waals surface area (Å²) in [6.45, 7) is 14.8. The summed E-state index contributed by atoms with van der Waals surface area (Å²) in [5.74, 6) is 1.91. The first-order valence-electron chi connectivity index (χ1n) is 11.9. The second kappa shape index (κ2) is 11.2. The number of allylic oxidation sites excluding steroid dienone is 6. The first kappa shape index (κ1) is 22.5. The van der Waals surface area contributed by atoms with Gasteiger partial charge in [-0.05, 0) is 85.8 Å². The maximum Gasteiger partial charge on any atom is 0.128 e. The topological polar surface area (TPSA) is 18.5 Å². The van der Waals surface area contributed by atoms with E-state index < -0.39 is 0 Å². The highest BCUT2D eigenvalue weighted by Crippen LogP contribution is 2.43. The lowest BCUT2D eigenvalue weighted by Crippen LogP contribution is -2.08. The van der Waals surface area contributed by atoms with E-state index in [-0.39, 0.29) is 0 Å². The summed E-state index contributed by atoms with van der Waals surface area (Å²) >= 11 is 0. The molecule has 0 bridgehead atoms. The molecule has 0 saturated carbocycles. The molecule has 2 aliphatic heterocycles. The molecule has 0 radical (unpaired) electrons. The van der Waals surface area contributed by atoms with E-state index in [2.05, 4.69) is 51.3 Å². The molecule has 0 N–H and O–H groups in total. The molecule has 0 fully saturated rings. The van der Waals surface area contributed by atoms with Crippen molar-refractivity contribution in [2.24, 2.45) is 0 Å². The lowest BCUT2D eigenvalue weighted by atomic mass is 9.88. The highest BCUT2D eigenvalue weighted by molar-refractivity contribution is 5.88. The van der Waals surface area contributed by atoms with Gasteiger partial charge in [0, 0.05) is 11.1 Å². The third-order valence-electron chi connectivity index (χ3n) is 6.00. The molecule has 162 valence electrons. The molecule has 0 saturated heterocycles. The van der Waals surface area contributed by atoms with Crippen LogP contribution in [0.3, 0.4) is 0 Å². The van der Waals surface area contributed by atoms with Crippen LogP contribution in [0.4, 0.5) is 0 Å². The summed E-state index contributed by atoms with van der Waals surface area (Å²) in [6.07, 6.45) is 15.6. The fourth-order valence-corrected chi connectivity index (χ4v) is 4.18. The molecular formula is C28H38O2. The fraction of sp³-hybridized carbons (Fsp3) is 0.500. The van der Waals surface area contributed by atoms with Gasteiger partial charge in [0.25, 0.3) is 0 Å². The quantitative estimate of drug-likeness (QED) is 0.432. The normalized spacial score (nSPS) is 19.7. The SMILES string of the molecule is C=C(CCCC)/C1=C/CCCOc2cc3c(cc21)OCCC/C=C\3C(=C)CCCC. The van der Waals surface area contributed by atoms with Crippen molar-refractivity contribution in [3.63, 3.8) is 0 Å². The summed E-state index contributed by atoms with van der Waals surface area (Å²) in [5, 5.41) is 0. The number of unbranched alkanes of at least 4 members (excludes halogenated alkanes) is 2. The molecule has 2 aliphatic rings. The van der Waals surface area contributed by atoms with Crippen molar-refractivity contribution in [2.45, 2.75) is 78.1 Å². The Bertz CT molecular complexity index is 756. The zero-order valence-corrected chi connectivity index (χ0v) is 19.0. The number of benzene rings is 1. The Morgan fingerprint density at radius 3 is 1.60 bits per heavy atom. The van der Waals surface area contributed by atoms with E-state index in [1.165, 1.54) is 35.1 Å². The van der Waals surface area contributed by atoms with Gasteiger partial charge < -0.3 is 9.47 Å². The molecule has 1 aromatic rings. The third-order valence-corrected chi connectivity index (χ3v) is 6.00. The van der Waals surface area contributed by atoms with Crippen molar-refractivity contribution < 1.29 is 9.47 Å². The van der Waals surface area contributed by atoms with Crippen molar-refractivity contribution in [1.29, 1.82) is 0 Å². The van der Waals surface area contributed by atoms with E-state index in [0.717, 1.165) is 87.2 Å². The Labute approximate surface area is 183 Å². The van der Waals surface area contributed by atoms with Crippen LogP contribution in [0.1, 0.15) is 89.2 Å². The van der Waals surface area contributed by atoms with Gasteiger partial charge in [0.15, 0.2) is 0 Å². The Balaban J connectivity index is 2.06. The minimum atomic E-state index is 0.744. The number of fused-ring (bicyclic) bond motifs is 2. The Morgan fingerprint density at radius 2 is 1.20 bits per heavy atom. The molecule has 0 aliphatic carbocycles. The Hall–Kier alpha value is -2.22. The van der Waals surface area contributed by atoms with Gasteiger partial charge in [-0.1, -0.05) is 52.0 Å². The first-order chi connectivity index (χ1) is 14.7. The molecule has 30 heavy (non-hydrogen) atoms. The predicted octanol–water partition coefficient (Wildman–Crippen LogP) is 8.29. The fourth-order valence-electron chi connectivity index (χ4n) is 4.18. The summed E-state index contributed by atoms with van der Waals surface area (Å²) in [7, 11) is 0. The molecule has 0 amide bonds. The Kier molecular flexibility index (Phi) is 8.42. The maximum atomic E-state index is 6.27. The van der Waals surface area contributed by atoms with Gasteiger partial charge >= 0.3 is 0 Å². The van der Waals surface area contributed by atoms with Crippen molar-refractivity contribution in [3.05, 3.63) is 59.7 Å². The van der Waals surface area contributed by atoms with Gasteiger partial charge in [0.05, 0.1) is 13.2 Å². The molecule has 2 heteroatoms. The monoisotopic (exact) mass is 406 g/mol. The second-order valence-corrected chi connectivity index (χ2v) is 8.48. The minimum absolute atomic E-state index is 0.744. The van der Waals surface area contributed by atoms with Gasteiger partial charge in [0.2, 0.25) is 0 Å². The van der Waals surface area contributed by atoms with E-state index >= 15 is 0 Å². The molecular weight excluding hydrogens is 368 g/mol. The lowest BCUT2D eigenvalue weighted by molar-refractivity contribution is 0.300. The molecule has 0 atom stereocenters. The highest BCUT2D eigenvalue weighted by Gasteiger charge is 2.22. The van der Waals surface area contributed by atoms with Crippen LogP contribution < -0.4 is 9.47 Å². The zero-order chi connectivity index (χ0) is 21.3. The van der Waals surface area contributed by atoms with E-state index in [4.69, 9.17) is 9.47 Å². The van der Waals surface area contributed by atoms with Crippen LogP contribution in [0.15, 0.2) is 48.6 Å². The second-order valence-electron chi connectivity index (χ2n) is 8.48. The summed E-state index contributed by atoms with van der Waals surface area (Å²) in [6, 6.07) is 4.40. The van der Waals surface area contributed by atoms with Crippen LogP contribution in [0.25, 0.3) is 11.1 Å². The van der Waals surface area contributed by atoms with Gasteiger partial charge in [-0.2, -0.15) is 0 Å². The third kappa shape index (κ3) is 5.47. The average Bonchev–Trinajstić information content (AvgIpc) is 2.72. The van der Waals surface area contributed by atoms with E-state index in [1.54, 1.807) is 0 Å². The van der Waals surface area contributed by atoms with Crippen LogP contribution in [-0.4, -0.2) is 13.2 Å². The Morgan fingerprint density at radius 1 is 0.767 bits per heavy atom. The first-order valence-corrected chi connectivity index (χ1v) is 11.9. The van der Waals surface area contributed by atoms with E-state index in [9.17, 15) is 0 Å². The number of rotatable bonds is 8. The summed E-state index contributed by atoms with van der Waals surface area (Å²) in [4.78, 5) is 0. The van der Waals surface area contributed by atoms with Crippen LogP contribution in [0.5, 0.6) is 11.5 Å². The van der Waals surface area contributed by atoms with Crippen LogP contribution in [-0.2, 0) is 0 Å². The van der Waals surface area contributed by atoms with Crippen LogP contribution in [0, 0.1) is 0 Å². The smallest absolute Gasteiger partial charge is 0.128 e. The molecule has 1 aromatic carbocycles. The molecule has 0 aromatic heterocycles. The summed E-state index contributed by atoms with van der Waals surface area (Å²) < 4.78 is 12.5. The minimum Gasteiger partial charge on any atom is -0.493 e. The van der Waals surface area contributed by atoms with E-state index in [0.29, 0.717) is 0 Å². The molecule has 3 rings (SSSR count). The maximum absolute atomic E-state index is 6.27. The number of ether oxygens (including phenoxy) is 2. The molecule has 0 spiro atoms. The van der Waals surface area contributed by atoms with Gasteiger partial charge in [0.1, 0.15) is 11.5 Å².